The van der Waals surface area contributed by atoms with Crippen molar-refractivity contribution in [3.05, 3.63) is 49.6 Å². The summed E-state index contributed by atoms with van der Waals surface area (Å²) in [6.45, 7) is 5.08. The van der Waals surface area contributed by atoms with Gasteiger partial charge < -0.3 is 5.32 Å². The van der Waals surface area contributed by atoms with Gasteiger partial charge in [-0.1, -0.05) is 0 Å². The van der Waals surface area contributed by atoms with Crippen LogP contribution < -0.4 is 5.32 Å². The van der Waals surface area contributed by atoms with Crippen LogP contribution in [0.4, 0.5) is 5.69 Å². The van der Waals surface area contributed by atoms with Crippen LogP contribution in [0.2, 0.25) is 0 Å². The Hall–Kier alpha value is -1.31. The molecule has 1 heterocycles. The fourth-order valence-corrected chi connectivity index (χ4v) is 3.16. The molecule has 0 amide bonds. The van der Waals surface area contributed by atoms with Crippen molar-refractivity contribution in [3.63, 3.8) is 0 Å². The molecule has 0 atom stereocenters. The lowest BCUT2D eigenvalue weighted by atomic mass is 10.2. The van der Waals surface area contributed by atoms with Gasteiger partial charge in [-0.15, -0.1) is 11.3 Å². The van der Waals surface area contributed by atoms with Gasteiger partial charge in [0.25, 0.3) is 0 Å². The quantitative estimate of drug-likeness (QED) is 0.896. The minimum absolute atomic E-state index is 0.662. The average molecular weight is 321 g/mol. The number of halogens is 1. The third kappa shape index (κ3) is 2.92. The zero-order chi connectivity index (χ0) is 13.1. The Kier molecular flexibility index (Phi) is 4.05. The van der Waals surface area contributed by atoms with Crippen LogP contribution >= 0.6 is 27.3 Å². The molecule has 92 valence electrons. The fraction of sp³-hybridized carbons (Fsp3) is 0.214. The SMILES string of the molecule is Cc1cc(CNc2ccc(C#N)cc2Br)sc1C. The van der Waals surface area contributed by atoms with Crippen molar-refractivity contribution in [1.82, 2.24) is 0 Å². The van der Waals surface area contributed by atoms with Gasteiger partial charge in [0.05, 0.1) is 11.6 Å². The summed E-state index contributed by atoms with van der Waals surface area (Å²) in [6.07, 6.45) is 0. The minimum atomic E-state index is 0.662. The van der Waals surface area contributed by atoms with Gasteiger partial charge in [-0.3, -0.25) is 0 Å². The minimum Gasteiger partial charge on any atom is -0.379 e. The summed E-state index contributed by atoms with van der Waals surface area (Å²) in [4.78, 5) is 2.69. The second kappa shape index (κ2) is 5.55. The van der Waals surface area contributed by atoms with Crippen LogP contribution in [-0.2, 0) is 6.54 Å². The van der Waals surface area contributed by atoms with E-state index in [1.54, 1.807) is 0 Å². The topological polar surface area (TPSA) is 35.8 Å². The molecule has 1 aromatic carbocycles. The molecule has 1 aromatic heterocycles. The van der Waals surface area contributed by atoms with E-state index in [-0.39, 0.29) is 0 Å². The highest BCUT2D eigenvalue weighted by atomic mass is 79.9. The van der Waals surface area contributed by atoms with Crippen LogP contribution in [0.15, 0.2) is 28.7 Å². The first-order chi connectivity index (χ1) is 8.60. The highest BCUT2D eigenvalue weighted by molar-refractivity contribution is 9.10. The molecule has 0 radical (unpaired) electrons. The van der Waals surface area contributed by atoms with E-state index < -0.39 is 0 Å². The van der Waals surface area contributed by atoms with E-state index in [9.17, 15) is 0 Å². The maximum Gasteiger partial charge on any atom is 0.0992 e. The third-order valence-electron chi connectivity index (χ3n) is 2.77. The lowest BCUT2D eigenvalue weighted by Gasteiger charge is -2.07. The number of nitriles is 1. The Morgan fingerprint density at radius 1 is 1.33 bits per heavy atom. The monoisotopic (exact) mass is 320 g/mol. The standard InChI is InChI=1S/C14H13BrN2S/c1-9-5-12(18-10(9)2)8-17-14-4-3-11(7-16)6-13(14)15/h3-6,17H,8H2,1-2H3. The summed E-state index contributed by atoms with van der Waals surface area (Å²) >= 11 is 5.29. The lowest BCUT2D eigenvalue weighted by molar-refractivity contribution is 1.18. The van der Waals surface area contributed by atoms with E-state index in [4.69, 9.17) is 5.26 Å². The molecule has 18 heavy (non-hydrogen) atoms. The second-order valence-corrected chi connectivity index (χ2v) is 6.31. The Morgan fingerprint density at radius 3 is 2.67 bits per heavy atom. The van der Waals surface area contributed by atoms with Crippen LogP contribution in [-0.4, -0.2) is 0 Å². The number of rotatable bonds is 3. The molecule has 0 saturated heterocycles. The number of hydrogen-bond acceptors (Lipinski definition) is 3. The molecule has 0 bridgehead atoms. The van der Waals surface area contributed by atoms with Crippen LogP contribution in [0.5, 0.6) is 0 Å². The summed E-state index contributed by atoms with van der Waals surface area (Å²) in [5.41, 5.74) is 3.02. The maximum absolute atomic E-state index is 8.80. The molecule has 0 fully saturated rings. The number of benzene rings is 1. The second-order valence-electron chi connectivity index (χ2n) is 4.11. The van der Waals surface area contributed by atoms with Crippen LogP contribution in [0, 0.1) is 25.2 Å². The van der Waals surface area contributed by atoms with E-state index in [0.29, 0.717) is 5.56 Å². The highest BCUT2D eigenvalue weighted by Gasteiger charge is 2.04. The Bertz CT molecular complexity index is 591. The predicted molar refractivity (Wildman–Crippen MR) is 80.0 cm³/mol. The number of aryl methyl sites for hydroxylation is 2. The average Bonchev–Trinajstić information content (AvgIpc) is 2.67. The normalized spacial score (nSPS) is 10.1. The van der Waals surface area contributed by atoms with Crippen molar-refractivity contribution in [2.45, 2.75) is 20.4 Å². The lowest BCUT2D eigenvalue weighted by Crippen LogP contribution is -1.98. The van der Waals surface area contributed by atoms with Crippen LogP contribution in [0.25, 0.3) is 0 Å². The van der Waals surface area contributed by atoms with Gasteiger partial charge in [0.2, 0.25) is 0 Å². The molecule has 2 aromatic rings. The van der Waals surface area contributed by atoms with Gasteiger partial charge in [-0.2, -0.15) is 5.26 Å². The van der Waals surface area contributed by atoms with Crippen molar-refractivity contribution in [1.29, 1.82) is 5.26 Å². The van der Waals surface area contributed by atoms with E-state index in [0.717, 1.165) is 16.7 Å². The van der Waals surface area contributed by atoms with E-state index in [2.05, 4.69) is 47.2 Å². The van der Waals surface area contributed by atoms with Crippen molar-refractivity contribution < 1.29 is 0 Å². The van der Waals surface area contributed by atoms with E-state index >= 15 is 0 Å². The largest absolute Gasteiger partial charge is 0.379 e. The Labute approximate surface area is 119 Å². The number of nitrogens with zero attached hydrogens (tertiary/aromatic N) is 1. The molecule has 4 heteroatoms. The van der Waals surface area contributed by atoms with Crippen molar-refractivity contribution in [2.24, 2.45) is 0 Å². The highest BCUT2D eigenvalue weighted by Crippen LogP contribution is 2.26. The van der Waals surface area contributed by atoms with Crippen molar-refractivity contribution in [3.8, 4) is 6.07 Å². The van der Waals surface area contributed by atoms with Crippen LogP contribution in [0.3, 0.4) is 0 Å². The third-order valence-corrected chi connectivity index (χ3v) is 4.58. The smallest absolute Gasteiger partial charge is 0.0992 e. The molecular formula is C14H13BrN2S. The van der Waals surface area contributed by atoms with Gasteiger partial charge in [0.15, 0.2) is 0 Å². The summed E-state index contributed by atoms with van der Waals surface area (Å²) in [7, 11) is 0. The Morgan fingerprint density at radius 2 is 2.11 bits per heavy atom. The first-order valence-electron chi connectivity index (χ1n) is 5.59. The van der Waals surface area contributed by atoms with E-state index in [1.165, 1.54) is 15.3 Å². The molecular weight excluding hydrogens is 308 g/mol. The van der Waals surface area contributed by atoms with Gasteiger partial charge in [-0.05, 0) is 59.6 Å². The fourth-order valence-electron chi connectivity index (χ4n) is 1.65. The zero-order valence-corrected chi connectivity index (χ0v) is 12.7. The molecule has 0 aliphatic carbocycles. The van der Waals surface area contributed by atoms with Crippen LogP contribution in [0.1, 0.15) is 20.9 Å². The van der Waals surface area contributed by atoms with Gasteiger partial charge in [-0.25, -0.2) is 0 Å². The summed E-state index contributed by atoms with van der Waals surface area (Å²) in [5.74, 6) is 0. The molecule has 0 saturated carbocycles. The number of thiophene rings is 1. The molecule has 1 N–H and O–H groups in total. The first-order valence-corrected chi connectivity index (χ1v) is 7.20. The molecule has 2 nitrogen and oxygen atoms in total. The summed E-state index contributed by atoms with van der Waals surface area (Å²) in [6, 6.07) is 9.91. The maximum atomic E-state index is 8.80. The molecule has 0 aliphatic rings. The summed E-state index contributed by atoms with van der Waals surface area (Å²) in [5, 5.41) is 12.2. The Balaban J connectivity index is 2.09. The van der Waals surface area contributed by atoms with Gasteiger partial charge >= 0.3 is 0 Å². The number of hydrogen-bond donors (Lipinski definition) is 1. The first kappa shape index (κ1) is 13.1. The molecule has 2 rings (SSSR count). The molecule has 0 unspecified atom stereocenters. The van der Waals surface area contributed by atoms with Gasteiger partial charge in [0, 0.05) is 26.5 Å². The van der Waals surface area contributed by atoms with Gasteiger partial charge in [0.1, 0.15) is 0 Å². The predicted octanol–water partition coefficient (Wildman–Crippen LogP) is 4.61. The summed E-state index contributed by atoms with van der Waals surface area (Å²) < 4.78 is 0.923. The number of nitrogens with one attached hydrogen (secondary N) is 1. The van der Waals surface area contributed by atoms with Crippen molar-refractivity contribution in [2.75, 3.05) is 5.32 Å². The number of anilines is 1. The van der Waals surface area contributed by atoms with E-state index in [1.807, 2.05) is 29.5 Å². The zero-order valence-electron chi connectivity index (χ0n) is 10.2. The van der Waals surface area contributed by atoms with Crippen molar-refractivity contribution >= 4 is 33.0 Å². The molecule has 0 spiro atoms. The molecule has 0 aliphatic heterocycles.